The van der Waals surface area contributed by atoms with Gasteiger partial charge < -0.3 is 22.4 Å². The smallest absolute Gasteiger partial charge is 0.216 e. The predicted molar refractivity (Wildman–Crippen MR) is 85.9 cm³/mol. The van der Waals surface area contributed by atoms with E-state index < -0.39 is 5.60 Å². The van der Waals surface area contributed by atoms with E-state index in [1.807, 2.05) is 30.3 Å². The highest BCUT2D eigenvalue weighted by Gasteiger charge is 2.36. The maximum Gasteiger partial charge on any atom is 0.216 e. The first-order chi connectivity index (χ1) is 11.1. The largest absolute Gasteiger partial charge is 1.00 e. The molecule has 0 amide bonds. The molecule has 0 unspecified atom stereocenters. The Morgan fingerprint density at radius 2 is 1.62 bits per heavy atom. The lowest BCUT2D eigenvalue weighted by atomic mass is 9.84. The van der Waals surface area contributed by atoms with Gasteiger partial charge in [0.05, 0.1) is 13.1 Å². The number of carbonyl (C=O) groups excluding carboxylic acids is 1. The number of aliphatic hydroxyl groups is 1. The van der Waals surface area contributed by atoms with Gasteiger partial charge in [-0.1, -0.05) is 30.3 Å². The molecule has 3 rings (SSSR count). The minimum atomic E-state index is -0.788. The van der Waals surface area contributed by atoms with E-state index >= 15 is 0 Å². The fourth-order valence-electron chi connectivity index (χ4n) is 3.20. The van der Waals surface area contributed by atoms with Gasteiger partial charge in [0.25, 0.3) is 0 Å². The third-order valence-electron chi connectivity index (χ3n) is 4.67. The van der Waals surface area contributed by atoms with Crippen LogP contribution in [0.1, 0.15) is 28.8 Å². The molecule has 5 heteroatoms. The van der Waals surface area contributed by atoms with Crippen LogP contribution < -0.4 is 17.3 Å². The summed E-state index contributed by atoms with van der Waals surface area (Å²) in [7, 11) is 0. The second-order valence-corrected chi connectivity index (χ2v) is 6.25. The maximum absolute atomic E-state index is 12.9. The van der Waals surface area contributed by atoms with Gasteiger partial charge in [-0.15, -0.1) is 0 Å². The van der Waals surface area contributed by atoms with Crippen LogP contribution in [0.3, 0.4) is 0 Å². The lowest BCUT2D eigenvalue weighted by Gasteiger charge is -2.36. The van der Waals surface area contributed by atoms with Crippen molar-refractivity contribution in [1.29, 1.82) is 0 Å². The normalized spacial score (nSPS) is 23.3. The van der Waals surface area contributed by atoms with Crippen LogP contribution in [-0.4, -0.2) is 30.5 Å². The molecule has 0 atom stereocenters. The Labute approximate surface area is 147 Å². The highest BCUT2D eigenvalue weighted by molar-refractivity contribution is 5.96. The van der Waals surface area contributed by atoms with Crippen molar-refractivity contribution >= 4 is 5.78 Å². The molecule has 1 aliphatic heterocycles. The summed E-state index contributed by atoms with van der Waals surface area (Å²) in [6, 6.07) is 15.4. The number of ketones is 1. The van der Waals surface area contributed by atoms with Gasteiger partial charge in [0.1, 0.15) is 18.0 Å². The monoisotopic (exact) mass is 349 g/mol. The molecule has 1 heterocycles. The molecule has 1 aliphatic rings. The minimum absolute atomic E-state index is 0. The Morgan fingerprint density at radius 3 is 2.21 bits per heavy atom. The van der Waals surface area contributed by atoms with E-state index in [0.29, 0.717) is 24.9 Å². The van der Waals surface area contributed by atoms with Crippen LogP contribution >= 0.6 is 0 Å². The van der Waals surface area contributed by atoms with Crippen LogP contribution in [0.15, 0.2) is 54.6 Å². The summed E-state index contributed by atoms with van der Waals surface area (Å²) in [6.45, 7) is 1.88. The minimum Gasteiger partial charge on any atom is -1.00 e. The molecular formula is C19H21ClFNO2. The molecule has 3 nitrogen and oxygen atoms in total. The number of rotatable bonds is 4. The fourth-order valence-corrected chi connectivity index (χ4v) is 3.20. The van der Waals surface area contributed by atoms with Crippen molar-refractivity contribution in [3.63, 3.8) is 0 Å². The maximum atomic E-state index is 12.9. The first-order valence-electron chi connectivity index (χ1n) is 7.97. The molecule has 24 heavy (non-hydrogen) atoms. The van der Waals surface area contributed by atoms with Gasteiger partial charge in [0, 0.05) is 18.4 Å². The van der Waals surface area contributed by atoms with Crippen molar-refractivity contribution in [3.05, 3.63) is 71.5 Å². The molecule has 0 aromatic heterocycles. The van der Waals surface area contributed by atoms with E-state index in [-0.39, 0.29) is 24.0 Å². The molecule has 1 saturated heterocycles. The third-order valence-corrected chi connectivity index (χ3v) is 4.67. The van der Waals surface area contributed by atoms with Crippen LogP contribution in [0.4, 0.5) is 4.39 Å². The Morgan fingerprint density at radius 1 is 1.04 bits per heavy atom. The molecule has 2 aromatic rings. The zero-order valence-corrected chi connectivity index (χ0v) is 14.1. The van der Waals surface area contributed by atoms with Crippen molar-refractivity contribution in [2.45, 2.75) is 18.4 Å². The summed E-state index contributed by atoms with van der Waals surface area (Å²) in [5.41, 5.74) is 0.704. The van der Waals surface area contributed by atoms with Gasteiger partial charge >= 0.3 is 0 Å². The van der Waals surface area contributed by atoms with Gasteiger partial charge in [-0.3, -0.25) is 4.79 Å². The van der Waals surface area contributed by atoms with Crippen LogP contribution in [0.2, 0.25) is 0 Å². The molecule has 2 aromatic carbocycles. The number of halogens is 2. The van der Waals surface area contributed by atoms with Crippen molar-refractivity contribution in [1.82, 2.24) is 0 Å². The number of likely N-dealkylation sites (tertiary alicyclic amines) is 1. The Bertz CT molecular complexity index is 668. The number of nitrogens with one attached hydrogen (secondary N) is 1. The number of carbonyl (C=O) groups is 1. The number of hydrogen-bond acceptors (Lipinski definition) is 2. The average Bonchev–Trinajstić information content (AvgIpc) is 2.58. The number of piperidine rings is 1. The highest BCUT2D eigenvalue weighted by atomic mass is 35.5. The lowest BCUT2D eigenvalue weighted by molar-refractivity contribution is -0.899. The van der Waals surface area contributed by atoms with Crippen LogP contribution in [0, 0.1) is 5.82 Å². The second kappa shape index (κ2) is 7.88. The fraction of sp³-hybridized carbons (Fsp3) is 0.316. The lowest BCUT2D eigenvalue weighted by Crippen LogP contribution is -3.14. The van der Waals surface area contributed by atoms with E-state index in [9.17, 15) is 14.3 Å². The molecule has 2 N–H and O–H groups in total. The SMILES string of the molecule is O=C(C[NH+]1CCC(O)(c2ccccc2)CC1)c1ccc(F)cc1.[Cl-]. The Kier molecular flexibility index (Phi) is 6.10. The first kappa shape index (κ1) is 18.6. The molecule has 0 radical (unpaired) electrons. The van der Waals surface area contributed by atoms with Crippen molar-refractivity contribution in [3.8, 4) is 0 Å². The Balaban J connectivity index is 0.00000208. The van der Waals surface area contributed by atoms with E-state index in [1.165, 1.54) is 29.2 Å². The van der Waals surface area contributed by atoms with Crippen LogP contribution in [0.25, 0.3) is 0 Å². The van der Waals surface area contributed by atoms with Crippen LogP contribution in [-0.2, 0) is 5.60 Å². The molecular weight excluding hydrogens is 329 g/mol. The summed E-state index contributed by atoms with van der Waals surface area (Å²) in [5.74, 6) is -0.315. The third kappa shape index (κ3) is 4.20. The summed E-state index contributed by atoms with van der Waals surface area (Å²) < 4.78 is 12.9. The summed E-state index contributed by atoms with van der Waals surface area (Å²) >= 11 is 0. The Hall–Kier alpha value is -1.75. The number of Topliss-reactive ketones (excluding diaryl/α,β-unsaturated/α-hetero) is 1. The topological polar surface area (TPSA) is 41.7 Å². The van der Waals surface area contributed by atoms with Crippen molar-refractivity contribution in [2.24, 2.45) is 0 Å². The zero-order chi connectivity index (χ0) is 16.3. The summed E-state index contributed by atoms with van der Waals surface area (Å²) in [5, 5.41) is 10.8. The van der Waals surface area contributed by atoms with Crippen LogP contribution in [0.5, 0.6) is 0 Å². The average molecular weight is 350 g/mol. The van der Waals surface area contributed by atoms with Gasteiger partial charge in [-0.2, -0.15) is 0 Å². The molecule has 1 fully saturated rings. The van der Waals surface area contributed by atoms with Gasteiger partial charge in [0.15, 0.2) is 0 Å². The second-order valence-electron chi connectivity index (χ2n) is 6.25. The van der Waals surface area contributed by atoms with Crippen molar-refractivity contribution < 1.29 is 31.6 Å². The van der Waals surface area contributed by atoms with Crippen molar-refractivity contribution in [2.75, 3.05) is 19.6 Å². The van der Waals surface area contributed by atoms with E-state index in [0.717, 1.165) is 18.7 Å². The quantitative estimate of drug-likeness (QED) is 0.665. The van der Waals surface area contributed by atoms with E-state index in [2.05, 4.69) is 0 Å². The summed E-state index contributed by atoms with van der Waals surface area (Å²) in [4.78, 5) is 13.4. The predicted octanol–water partition coefficient (Wildman–Crippen LogP) is -1.42. The van der Waals surface area contributed by atoms with Gasteiger partial charge in [-0.05, 0) is 29.8 Å². The van der Waals surface area contributed by atoms with E-state index in [4.69, 9.17) is 0 Å². The molecule has 128 valence electrons. The zero-order valence-electron chi connectivity index (χ0n) is 13.3. The highest BCUT2D eigenvalue weighted by Crippen LogP contribution is 2.28. The van der Waals surface area contributed by atoms with Gasteiger partial charge in [-0.25, -0.2) is 4.39 Å². The van der Waals surface area contributed by atoms with E-state index in [1.54, 1.807) is 0 Å². The molecule has 0 spiro atoms. The molecule has 0 aliphatic carbocycles. The summed E-state index contributed by atoms with van der Waals surface area (Å²) in [6.07, 6.45) is 1.28. The number of hydrogen-bond donors (Lipinski definition) is 2. The number of benzene rings is 2. The van der Waals surface area contributed by atoms with Gasteiger partial charge in [0.2, 0.25) is 5.78 Å². The molecule has 0 bridgehead atoms. The number of quaternary nitrogens is 1. The molecule has 0 saturated carbocycles. The standard InChI is InChI=1S/C19H20FNO2.ClH/c20-17-8-6-15(7-9-17)18(22)14-21-12-10-19(23,11-13-21)16-4-2-1-3-5-16;/h1-9,23H,10-14H2;1H. The first-order valence-corrected chi connectivity index (χ1v) is 7.97.